The molecule has 0 heterocycles. The van der Waals surface area contributed by atoms with E-state index in [9.17, 15) is 4.79 Å². The van der Waals surface area contributed by atoms with E-state index in [0.29, 0.717) is 5.56 Å². The summed E-state index contributed by atoms with van der Waals surface area (Å²) in [4.78, 5) is 10.9. The quantitative estimate of drug-likeness (QED) is 0.771. The first-order chi connectivity index (χ1) is 6.68. The van der Waals surface area contributed by atoms with E-state index in [-0.39, 0.29) is 0 Å². The molecule has 2 aromatic carbocycles. The van der Waals surface area contributed by atoms with Gasteiger partial charge in [0.1, 0.15) is 0 Å². The zero-order chi connectivity index (χ0) is 10.1. The van der Waals surface area contributed by atoms with Crippen molar-refractivity contribution in [2.24, 2.45) is 0 Å². The first-order valence-electron chi connectivity index (χ1n) is 4.13. The van der Waals surface area contributed by atoms with Gasteiger partial charge in [-0.2, -0.15) is 0 Å². The molecule has 0 atom stereocenters. The SMILES string of the molecule is O=C(O)c1cc2ccccc2cc1[As]. The van der Waals surface area contributed by atoms with Crippen molar-refractivity contribution < 1.29 is 9.90 Å². The van der Waals surface area contributed by atoms with Gasteiger partial charge in [0.25, 0.3) is 0 Å². The minimum atomic E-state index is -0.883. The van der Waals surface area contributed by atoms with Gasteiger partial charge >= 0.3 is 89.8 Å². The number of carbonyl (C=O) groups is 1. The molecule has 68 valence electrons. The molecule has 2 nitrogen and oxygen atoms in total. The average Bonchev–Trinajstić information content (AvgIpc) is 2.16. The Balaban J connectivity index is 2.77. The Kier molecular flexibility index (Phi) is 2.30. The molecule has 0 aliphatic rings. The Hall–Kier alpha value is -1.27. The normalized spacial score (nSPS) is 10.4. The summed E-state index contributed by atoms with van der Waals surface area (Å²) in [5, 5.41) is 10.9. The molecule has 0 aromatic heterocycles. The average molecular weight is 246 g/mol. The molecule has 0 amide bonds. The van der Waals surface area contributed by atoms with Gasteiger partial charge in [0, 0.05) is 0 Å². The van der Waals surface area contributed by atoms with E-state index in [1.807, 2.05) is 30.3 Å². The third kappa shape index (κ3) is 1.53. The zero-order valence-corrected chi connectivity index (χ0v) is 9.14. The van der Waals surface area contributed by atoms with Crippen molar-refractivity contribution in [2.45, 2.75) is 0 Å². The number of hydrogen-bond acceptors (Lipinski definition) is 1. The fourth-order valence-electron chi connectivity index (χ4n) is 1.40. The molecule has 0 spiro atoms. The van der Waals surface area contributed by atoms with E-state index in [1.165, 1.54) is 0 Å². The van der Waals surface area contributed by atoms with Crippen molar-refractivity contribution in [1.82, 2.24) is 0 Å². The van der Waals surface area contributed by atoms with Crippen LogP contribution in [-0.2, 0) is 0 Å². The Labute approximate surface area is 90.1 Å². The predicted octanol–water partition coefficient (Wildman–Crippen LogP) is 1.33. The molecule has 0 saturated heterocycles. The second-order valence-corrected chi connectivity index (χ2v) is 4.03. The first kappa shape index (κ1) is 9.29. The first-order valence-corrected chi connectivity index (χ1v) is 5.07. The summed E-state index contributed by atoms with van der Waals surface area (Å²) in [7, 11) is 0. The monoisotopic (exact) mass is 246 g/mol. The Morgan fingerprint density at radius 2 is 1.71 bits per heavy atom. The predicted molar refractivity (Wildman–Crippen MR) is 56.3 cm³/mol. The molecule has 2 radical (unpaired) electrons. The number of aromatic carboxylic acids is 1. The molecule has 0 aliphatic heterocycles. The van der Waals surface area contributed by atoms with Gasteiger partial charge in [0.05, 0.1) is 0 Å². The Morgan fingerprint density at radius 1 is 1.14 bits per heavy atom. The standard InChI is InChI=1S/C11H7AsO2/c12-10-6-8-4-2-1-3-7(8)5-9(10)11(13)14/h1-6H,(H,13,14). The molecular weight excluding hydrogens is 239 g/mol. The summed E-state index contributed by atoms with van der Waals surface area (Å²) in [5.41, 5.74) is 0.351. The summed E-state index contributed by atoms with van der Waals surface area (Å²) < 4.78 is 0.740. The fraction of sp³-hybridized carbons (Fsp3) is 0. The second-order valence-electron chi connectivity index (χ2n) is 3.02. The number of rotatable bonds is 1. The number of fused-ring (bicyclic) bond motifs is 1. The summed E-state index contributed by atoms with van der Waals surface area (Å²) in [6, 6.07) is 11.3. The van der Waals surface area contributed by atoms with Crippen LogP contribution < -0.4 is 4.35 Å². The van der Waals surface area contributed by atoms with Gasteiger partial charge in [0.2, 0.25) is 0 Å². The third-order valence-corrected chi connectivity index (χ3v) is 2.87. The minimum absolute atomic E-state index is 0.351. The van der Waals surface area contributed by atoms with Crippen molar-refractivity contribution in [1.29, 1.82) is 0 Å². The van der Waals surface area contributed by atoms with Crippen LogP contribution in [0.1, 0.15) is 10.4 Å². The molecule has 2 rings (SSSR count). The number of hydrogen-bond donors (Lipinski definition) is 1. The maximum atomic E-state index is 10.9. The van der Waals surface area contributed by atoms with E-state index >= 15 is 0 Å². The van der Waals surface area contributed by atoms with Crippen molar-refractivity contribution in [3.63, 3.8) is 0 Å². The van der Waals surface area contributed by atoms with E-state index in [4.69, 9.17) is 5.11 Å². The van der Waals surface area contributed by atoms with Gasteiger partial charge in [-0.1, -0.05) is 0 Å². The van der Waals surface area contributed by atoms with Gasteiger partial charge in [-0.15, -0.1) is 0 Å². The number of carboxylic acids is 1. The summed E-state index contributed by atoms with van der Waals surface area (Å²) >= 11 is 2.29. The van der Waals surface area contributed by atoms with Gasteiger partial charge in [-0.05, 0) is 0 Å². The van der Waals surface area contributed by atoms with E-state index < -0.39 is 5.97 Å². The van der Waals surface area contributed by atoms with Crippen molar-refractivity contribution in [3.8, 4) is 0 Å². The van der Waals surface area contributed by atoms with Crippen LogP contribution in [0.25, 0.3) is 10.8 Å². The molecule has 0 aliphatic carbocycles. The molecule has 0 bridgehead atoms. The maximum absolute atomic E-state index is 10.9. The van der Waals surface area contributed by atoms with Crippen LogP contribution in [0.3, 0.4) is 0 Å². The third-order valence-electron chi connectivity index (χ3n) is 2.09. The molecule has 14 heavy (non-hydrogen) atoms. The molecule has 0 unspecified atom stereocenters. The van der Waals surface area contributed by atoms with Crippen molar-refractivity contribution in [3.05, 3.63) is 42.0 Å². The van der Waals surface area contributed by atoms with Crippen molar-refractivity contribution in [2.75, 3.05) is 0 Å². The number of benzene rings is 2. The van der Waals surface area contributed by atoms with Crippen LogP contribution in [0.4, 0.5) is 0 Å². The summed E-state index contributed by atoms with van der Waals surface area (Å²) in [6.45, 7) is 0. The second kappa shape index (κ2) is 3.47. The van der Waals surface area contributed by atoms with Gasteiger partial charge in [-0.3, -0.25) is 0 Å². The van der Waals surface area contributed by atoms with Crippen LogP contribution in [-0.4, -0.2) is 27.9 Å². The summed E-state index contributed by atoms with van der Waals surface area (Å²) in [6.07, 6.45) is 0. The van der Waals surface area contributed by atoms with Crippen LogP contribution >= 0.6 is 0 Å². The molecule has 0 fully saturated rings. The van der Waals surface area contributed by atoms with Gasteiger partial charge < -0.3 is 0 Å². The Morgan fingerprint density at radius 3 is 2.29 bits per heavy atom. The fourth-order valence-corrected chi connectivity index (χ4v) is 2.03. The van der Waals surface area contributed by atoms with Crippen LogP contribution in [0.5, 0.6) is 0 Å². The van der Waals surface area contributed by atoms with Crippen molar-refractivity contribution >= 4 is 37.9 Å². The van der Waals surface area contributed by atoms with Gasteiger partial charge in [0.15, 0.2) is 0 Å². The molecule has 0 saturated carbocycles. The molecule has 2 aromatic rings. The van der Waals surface area contributed by atoms with Crippen LogP contribution in [0.2, 0.25) is 0 Å². The molecular formula is C11H7AsO2. The van der Waals surface area contributed by atoms with Crippen LogP contribution in [0.15, 0.2) is 36.4 Å². The molecule has 1 N–H and O–H groups in total. The van der Waals surface area contributed by atoms with Gasteiger partial charge in [-0.25, -0.2) is 0 Å². The zero-order valence-electron chi connectivity index (χ0n) is 7.27. The van der Waals surface area contributed by atoms with E-state index in [0.717, 1.165) is 15.1 Å². The summed E-state index contributed by atoms with van der Waals surface area (Å²) in [5.74, 6) is -0.883. The van der Waals surface area contributed by atoms with E-state index in [1.54, 1.807) is 6.07 Å². The Bertz CT molecular complexity index is 506. The van der Waals surface area contributed by atoms with E-state index in [2.05, 4.69) is 16.9 Å². The van der Waals surface area contributed by atoms with Crippen LogP contribution in [0, 0.1) is 0 Å². The number of carboxylic acid groups (broad SMARTS) is 1. The molecule has 3 heteroatoms. The topological polar surface area (TPSA) is 37.3 Å².